The van der Waals surface area contributed by atoms with E-state index >= 15 is 0 Å². The van der Waals surface area contributed by atoms with E-state index in [2.05, 4.69) is 17.4 Å². The highest BCUT2D eigenvalue weighted by Gasteiger charge is 2.30. The molecule has 0 saturated heterocycles. The largest absolute Gasteiger partial charge is 0.354 e. The van der Waals surface area contributed by atoms with Crippen molar-refractivity contribution in [3.8, 4) is 0 Å². The zero-order valence-electron chi connectivity index (χ0n) is 20.2. The SMILES string of the molecule is CCCNC(=O)[C@@H](Cc1ccccc1)N(Cc1ccc(Cl)cc1)C(=O)CCSCc1ccccc1. The summed E-state index contributed by atoms with van der Waals surface area (Å²) in [5.74, 6) is 1.41. The third kappa shape index (κ3) is 9.08. The minimum atomic E-state index is -0.591. The van der Waals surface area contributed by atoms with Crippen molar-refractivity contribution >= 4 is 35.2 Å². The molecule has 0 radical (unpaired) electrons. The Kier molecular flexibility index (Phi) is 11.2. The van der Waals surface area contributed by atoms with E-state index in [-0.39, 0.29) is 11.8 Å². The van der Waals surface area contributed by atoms with Crippen LogP contribution in [0.1, 0.15) is 36.5 Å². The van der Waals surface area contributed by atoms with Crippen LogP contribution in [0.5, 0.6) is 0 Å². The van der Waals surface area contributed by atoms with Gasteiger partial charge in [0, 0.05) is 42.5 Å². The van der Waals surface area contributed by atoms with Crippen molar-refractivity contribution in [1.29, 1.82) is 0 Å². The Hall–Kier alpha value is -2.76. The van der Waals surface area contributed by atoms with Gasteiger partial charge in [-0.2, -0.15) is 11.8 Å². The highest BCUT2D eigenvalue weighted by atomic mass is 35.5. The van der Waals surface area contributed by atoms with Crippen LogP contribution in [0.3, 0.4) is 0 Å². The number of rotatable bonds is 13. The van der Waals surface area contributed by atoms with Crippen LogP contribution in [0.2, 0.25) is 5.02 Å². The molecule has 3 aromatic carbocycles. The quantitative estimate of drug-likeness (QED) is 0.282. The maximum Gasteiger partial charge on any atom is 0.243 e. The molecule has 35 heavy (non-hydrogen) atoms. The summed E-state index contributed by atoms with van der Waals surface area (Å²) in [6.45, 7) is 2.96. The molecule has 0 spiro atoms. The minimum Gasteiger partial charge on any atom is -0.354 e. The smallest absolute Gasteiger partial charge is 0.243 e. The first kappa shape index (κ1) is 26.8. The van der Waals surface area contributed by atoms with Crippen LogP contribution in [-0.2, 0) is 28.3 Å². The van der Waals surface area contributed by atoms with Crippen LogP contribution in [-0.4, -0.2) is 35.1 Å². The fourth-order valence-electron chi connectivity index (χ4n) is 3.77. The van der Waals surface area contributed by atoms with E-state index in [0.717, 1.165) is 23.3 Å². The van der Waals surface area contributed by atoms with Crippen LogP contribution in [0.4, 0.5) is 0 Å². The molecule has 0 bridgehead atoms. The highest BCUT2D eigenvalue weighted by Crippen LogP contribution is 2.19. The summed E-state index contributed by atoms with van der Waals surface area (Å²) in [5.41, 5.74) is 3.21. The molecule has 1 N–H and O–H groups in total. The van der Waals surface area contributed by atoms with Gasteiger partial charge in [0.2, 0.25) is 11.8 Å². The fraction of sp³-hybridized carbons (Fsp3) is 0.310. The van der Waals surface area contributed by atoms with Gasteiger partial charge in [0.15, 0.2) is 0 Å². The Labute approximate surface area is 218 Å². The number of thioether (sulfide) groups is 1. The molecule has 1 atom stereocenters. The van der Waals surface area contributed by atoms with Crippen LogP contribution >= 0.6 is 23.4 Å². The number of hydrogen-bond acceptors (Lipinski definition) is 3. The molecule has 0 aliphatic heterocycles. The molecule has 0 aliphatic rings. The molecule has 6 heteroatoms. The number of carbonyl (C=O) groups excluding carboxylic acids is 2. The number of amides is 2. The van der Waals surface area contributed by atoms with Crippen molar-refractivity contribution in [2.24, 2.45) is 0 Å². The lowest BCUT2D eigenvalue weighted by Gasteiger charge is -2.31. The van der Waals surface area contributed by atoms with Gasteiger partial charge in [-0.15, -0.1) is 0 Å². The van der Waals surface area contributed by atoms with Gasteiger partial charge in [-0.3, -0.25) is 9.59 Å². The molecule has 0 heterocycles. The average molecular weight is 509 g/mol. The first-order valence-electron chi connectivity index (χ1n) is 12.0. The molecule has 0 aromatic heterocycles. The second kappa shape index (κ2) is 14.6. The van der Waals surface area contributed by atoms with Gasteiger partial charge in [0.1, 0.15) is 6.04 Å². The summed E-state index contributed by atoms with van der Waals surface area (Å²) in [7, 11) is 0. The van der Waals surface area contributed by atoms with Crippen LogP contribution in [0, 0.1) is 0 Å². The normalized spacial score (nSPS) is 11.6. The standard InChI is InChI=1S/C29H33ClN2O2S/c1-2-18-31-29(34)27(20-23-9-5-3-6-10-23)32(21-24-13-15-26(30)16-14-24)28(33)17-19-35-22-25-11-7-4-8-12-25/h3-16,27H,2,17-22H2,1H3,(H,31,34)/t27-/m1/s1. The molecule has 4 nitrogen and oxygen atoms in total. The van der Waals surface area contributed by atoms with Gasteiger partial charge in [0.25, 0.3) is 0 Å². The zero-order valence-corrected chi connectivity index (χ0v) is 21.7. The summed E-state index contributed by atoms with van der Waals surface area (Å²) < 4.78 is 0. The summed E-state index contributed by atoms with van der Waals surface area (Å²) in [6.07, 6.45) is 1.68. The molecule has 2 amide bonds. The minimum absolute atomic E-state index is 0.0203. The summed E-state index contributed by atoms with van der Waals surface area (Å²) in [4.78, 5) is 28.6. The zero-order chi connectivity index (χ0) is 24.9. The van der Waals surface area contributed by atoms with E-state index in [1.807, 2.05) is 79.7 Å². The number of hydrogen-bond donors (Lipinski definition) is 1. The maximum absolute atomic E-state index is 13.5. The topological polar surface area (TPSA) is 49.4 Å². The molecule has 0 aliphatic carbocycles. The predicted molar refractivity (Wildman–Crippen MR) is 146 cm³/mol. The second-order valence-electron chi connectivity index (χ2n) is 8.43. The molecule has 0 unspecified atom stereocenters. The van der Waals surface area contributed by atoms with Gasteiger partial charge in [-0.25, -0.2) is 0 Å². The lowest BCUT2D eigenvalue weighted by molar-refractivity contribution is -0.141. The first-order valence-corrected chi connectivity index (χ1v) is 13.6. The Morgan fingerprint density at radius 1 is 0.886 bits per heavy atom. The van der Waals surface area contributed by atoms with Crippen molar-refractivity contribution < 1.29 is 9.59 Å². The summed E-state index contributed by atoms with van der Waals surface area (Å²) >= 11 is 7.81. The second-order valence-corrected chi connectivity index (χ2v) is 9.97. The van der Waals surface area contributed by atoms with Gasteiger partial charge in [-0.05, 0) is 35.2 Å². The summed E-state index contributed by atoms with van der Waals surface area (Å²) in [5, 5.41) is 3.66. The van der Waals surface area contributed by atoms with Crippen molar-refractivity contribution in [2.45, 2.75) is 44.5 Å². The van der Waals surface area contributed by atoms with Crippen molar-refractivity contribution in [1.82, 2.24) is 10.2 Å². The molecular weight excluding hydrogens is 476 g/mol. The van der Waals surface area contributed by atoms with Crippen LogP contribution < -0.4 is 5.32 Å². The fourth-order valence-corrected chi connectivity index (χ4v) is 4.79. The summed E-state index contributed by atoms with van der Waals surface area (Å²) in [6, 6.07) is 27.0. The monoisotopic (exact) mass is 508 g/mol. The maximum atomic E-state index is 13.5. The van der Waals surface area contributed by atoms with Gasteiger partial charge < -0.3 is 10.2 Å². The van der Waals surface area contributed by atoms with Gasteiger partial charge in [-0.1, -0.05) is 91.3 Å². The van der Waals surface area contributed by atoms with E-state index in [4.69, 9.17) is 11.6 Å². The van der Waals surface area contributed by atoms with Crippen molar-refractivity contribution in [3.63, 3.8) is 0 Å². The third-order valence-electron chi connectivity index (χ3n) is 5.66. The number of carbonyl (C=O) groups is 2. The highest BCUT2D eigenvalue weighted by molar-refractivity contribution is 7.98. The molecule has 3 rings (SSSR count). The predicted octanol–water partition coefficient (Wildman–Crippen LogP) is 6.13. The molecule has 3 aromatic rings. The van der Waals surface area contributed by atoms with E-state index in [0.29, 0.717) is 36.7 Å². The van der Waals surface area contributed by atoms with Gasteiger partial charge >= 0.3 is 0 Å². The first-order chi connectivity index (χ1) is 17.1. The van der Waals surface area contributed by atoms with E-state index in [9.17, 15) is 9.59 Å². The molecule has 0 saturated carbocycles. The molecule has 0 fully saturated rings. The van der Waals surface area contributed by atoms with Crippen LogP contribution in [0.15, 0.2) is 84.9 Å². The average Bonchev–Trinajstić information content (AvgIpc) is 2.89. The van der Waals surface area contributed by atoms with Crippen molar-refractivity contribution in [3.05, 3.63) is 107 Å². The Morgan fingerprint density at radius 3 is 2.14 bits per heavy atom. The van der Waals surface area contributed by atoms with E-state index in [1.54, 1.807) is 16.7 Å². The number of halogens is 1. The van der Waals surface area contributed by atoms with E-state index in [1.165, 1.54) is 5.56 Å². The Balaban J connectivity index is 1.77. The van der Waals surface area contributed by atoms with Crippen molar-refractivity contribution in [2.75, 3.05) is 12.3 Å². The Morgan fingerprint density at radius 2 is 1.51 bits per heavy atom. The van der Waals surface area contributed by atoms with E-state index < -0.39 is 6.04 Å². The van der Waals surface area contributed by atoms with Gasteiger partial charge in [0.05, 0.1) is 0 Å². The third-order valence-corrected chi connectivity index (χ3v) is 6.94. The lowest BCUT2D eigenvalue weighted by Crippen LogP contribution is -2.50. The number of benzene rings is 3. The number of nitrogens with zero attached hydrogens (tertiary/aromatic N) is 1. The Bertz CT molecular complexity index is 1050. The number of nitrogens with one attached hydrogen (secondary N) is 1. The molecule has 184 valence electrons. The molecular formula is C29H33ClN2O2S. The lowest BCUT2D eigenvalue weighted by atomic mass is 10.0. The van der Waals surface area contributed by atoms with Crippen LogP contribution in [0.25, 0.3) is 0 Å².